The summed E-state index contributed by atoms with van der Waals surface area (Å²) in [6.45, 7) is 4.10. The van der Waals surface area contributed by atoms with Gasteiger partial charge in [0.1, 0.15) is 0 Å². The molecule has 3 heteroatoms. The van der Waals surface area contributed by atoms with E-state index in [0.29, 0.717) is 0 Å². The molecule has 2 nitrogen and oxygen atoms in total. The highest BCUT2D eigenvalue weighted by Gasteiger charge is 2.12. The van der Waals surface area contributed by atoms with Crippen molar-refractivity contribution in [1.82, 2.24) is 4.98 Å². The number of aryl methyl sites for hydroxylation is 2. The van der Waals surface area contributed by atoms with E-state index in [1.165, 1.54) is 5.56 Å². The molecular weight excluding hydrogens is 204 g/mol. The Morgan fingerprint density at radius 1 is 1.40 bits per heavy atom. The van der Waals surface area contributed by atoms with Crippen molar-refractivity contribution >= 4 is 11.3 Å². The van der Waals surface area contributed by atoms with Crippen LogP contribution in [0, 0.1) is 13.8 Å². The van der Waals surface area contributed by atoms with Gasteiger partial charge in [-0.2, -0.15) is 11.3 Å². The number of thiophene rings is 1. The molecule has 0 radical (unpaired) electrons. The summed E-state index contributed by atoms with van der Waals surface area (Å²) in [4.78, 5) is 4.41. The maximum Gasteiger partial charge on any atom is 0.0737 e. The van der Waals surface area contributed by atoms with Crippen molar-refractivity contribution in [2.24, 2.45) is 5.73 Å². The zero-order valence-electron chi connectivity index (χ0n) is 8.90. The largest absolute Gasteiger partial charge is 0.319 e. The van der Waals surface area contributed by atoms with Crippen molar-refractivity contribution in [3.63, 3.8) is 0 Å². The summed E-state index contributed by atoms with van der Waals surface area (Å²) in [5, 5.41) is 4.12. The molecule has 0 aliphatic rings. The molecule has 78 valence electrons. The van der Waals surface area contributed by atoms with Crippen molar-refractivity contribution in [2.75, 3.05) is 0 Å². The van der Waals surface area contributed by atoms with Crippen LogP contribution in [0.1, 0.15) is 28.4 Å². The molecule has 0 saturated heterocycles. The fourth-order valence-corrected chi connectivity index (χ4v) is 2.36. The number of hydrogen-bond donors (Lipinski definition) is 1. The van der Waals surface area contributed by atoms with Crippen molar-refractivity contribution in [1.29, 1.82) is 0 Å². The van der Waals surface area contributed by atoms with E-state index < -0.39 is 0 Å². The van der Waals surface area contributed by atoms with Gasteiger partial charge in [-0.05, 0) is 47.4 Å². The van der Waals surface area contributed by atoms with E-state index in [1.807, 2.05) is 18.5 Å². The molecule has 0 aliphatic carbocycles. The Hall–Kier alpha value is -1.19. The minimum Gasteiger partial charge on any atom is -0.319 e. The van der Waals surface area contributed by atoms with Gasteiger partial charge in [-0.1, -0.05) is 6.07 Å². The molecule has 2 heterocycles. The van der Waals surface area contributed by atoms with Crippen molar-refractivity contribution in [3.8, 4) is 0 Å². The van der Waals surface area contributed by atoms with Crippen molar-refractivity contribution in [2.45, 2.75) is 19.9 Å². The van der Waals surface area contributed by atoms with Crippen LogP contribution in [0.5, 0.6) is 0 Å². The van der Waals surface area contributed by atoms with Crippen LogP contribution in [0.2, 0.25) is 0 Å². The van der Waals surface area contributed by atoms with Gasteiger partial charge in [-0.25, -0.2) is 0 Å². The third-order valence-corrected chi connectivity index (χ3v) is 3.15. The smallest absolute Gasteiger partial charge is 0.0737 e. The van der Waals surface area contributed by atoms with Crippen LogP contribution < -0.4 is 5.73 Å². The number of pyridine rings is 1. The fraction of sp³-hybridized carbons (Fsp3) is 0.250. The molecule has 0 bridgehead atoms. The van der Waals surface area contributed by atoms with Crippen LogP contribution in [0.15, 0.2) is 29.1 Å². The van der Waals surface area contributed by atoms with Crippen LogP contribution in [-0.4, -0.2) is 4.98 Å². The van der Waals surface area contributed by atoms with Crippen LogP contribution >= 0.6 is 11.3 Å². The second kappa shape index (κ2) is 4.13. The summed E-state index contributed by atoms with van der Waals surface area (Å²) >= 11 is 1.66. The number of nitrogens with two attached hydrogens (primary N) is 1. The first kappa shape index (κ1) is 10.3. The second-order valence-corrected chi connectivity index (χ2v) is 4.53. The Morgan fingerprint density at radius 3 is 2.80 bits per heavy atom. The maximum absolute atomic E-state index is 6.16. The molecule has 0 aliphatic heterocycles. The van der Waals surface area contributed by atoms with Gasteiger partial charge in [0, 0.05) is 6.20 Å². The number of nitrogens with zero attached hydrogens (tertiary/aromatic N) is 1. The lowest BCUT2D eigenvalue weighted by Crippen LogP contribution is -2.14. The summed E-state index contributed by atoms with van der Waals surface area (Å²) < 4.78 is 0. The molecule has 2 aromatic rings. The monoisotopic (exact) mass is 218 g/mol. The quantitative estimate of drug-likeness (QED) is 0.841. The molecule has 0 saturated carbocycles. The highest BCUT2D eigenvalue weighted by atomic mass is 32.1. The van der Waals surface area contributed by atoms with E-state index in [4.69, 9.17) is 5.73 Å². The zero-order chi connectivity index (χ0) is 10.8. The molecule has 2 N–H and O–H groups in total. The maximum atomic E-state index is 6.16. The molecule has 2 rings (SSSR count). The lowest BCUT2D eigenvalue weighted by molar-refractivity contribution is 0.819. The van der Waals surface area contributed by atoms with Gasteiger partial charge < -0.3 is 5.73 Å². The van der Waals surface area contributed by atoms with Gasteiger partial charge in [-0.15, -0.1) is 0 Å². The Kier molecular flexibility index (Phi) is 2.84. The van der Waals surface area contributed by atoms with E-state index in [1.54, 1.807) is 11.3 Å². The molecule has 15 heavy (non-hydrogen) atoms. The normalized spacial score (nSPS) is 12.7. The first-order chi connectivity index (χ1) is 7.18. The molecule has 1 atom stereocenters. The lowest BCUT2D eigenvalue weighted by Gasteiger charge is -2.12. The zero-order valence-corrected chi connectivity index (χ0v) is 9.71. The summed E-state index contributed by atoms with van der Waals surface area (Å²) in [5.74, 6) is 0. The Bertz CT molecular complexity index is 449. The van der Waals surface area contributed by atoms with Gasteiger partial charge in [0.2, 0.25) is 0 Å². The highest BCUT2D eigenvalue weighted by molar-refractivity contribution is 7.08. The van der Waals surface area contributed by atoms with E-state index >= 15 is 0 Å². The van der Waals surface area contributed by atoms with Crippen LogP contribution in [0.25, 0.3) is 0 Å². The number of rotatable bonds is 2. The summed E-state index contributed by atoms with van der Waals surface area (Å²) in [6, 6.07) is 4.07. The van der Waals surface area contributed by atoms with Crippen molar-refractivity contribution < 1.29 is 0 Å². The first-order valence-electron chi connectivity index (χ1n) is 4.89. The summed E-state index contributed by atoms with van der Waals surface area (Å²) in [6.07, 6.45) is 1.87. The topological polar surface area (TPSA) is 38.9 Å². The molecule has 1 unspecified atom stereocenters. The minimum absolute atomic E-state index is 0.100. The number of hydrogen-bond acceptors (Lipinski definition) is 3. The molecule has 0 amide bonds. The van der Waals surface area contributed by atoms with Gasteiger partial charge in [0.05, 0.1) is 11.7 Å². The number of aromatic nitrogens is 1. The van der Waals surface area contributed by atoms with E-state index in [2.05, 4.69) is 29.4 Å². The molecule has 0 spiro atoms. The third kappa shape index (κ3) is 2.08. The average Bonchev–Trinajstić information content (AvgIpc) is 2.69. The van der Waals surface area contributed by atoms with Gasteiger partial charge in [0.15, 0.2) is 0 Å². The van der Waals surface area contributed by atoms with Gasteiger partial charge in [0.25, 0.3) is 0 Å². The first-order valence-corrected chi connectivity index (χ1v) is 5.83. The summed E-state index contributed by atoms with van der Waals surface area (Å²) in [7, 11) is 0. The summed E-state index contributed by atoms with van der Waals surface area (Å²) in [5.41, 5.74) is 10.6. The van der Waals surface area contributed by atoms with Crippen molar-refractivity contribution in [3.05, 3.63) is 51.5 Å². The Balaban J connectivity index is 2.38. The Labute approximate surface area is 93.8 Å². The predicted octanol–water partition coefficient (Wildman–Crippen LogP) is 2.81. The SMILES string of the molecule is Cc1cnc(C(N)c2ccsc2)c(C)c1. The molecule has 2 aromatic heterocycles. The van der Waals surface area contributed by atoms with Crippen LogP contribution in [-0.2, 0) is 0 Å². The average molecular weight is 218 g/mol. The van der Waals surface area contributed by atoms with E-state index in [-0.39, 0.29) is 6.04 Å². The molecule has 0 aromatic carbocycles. The highest BCUT2D eigenvalue weighted by Crippen LogP contribution is 2.22. The third-order valence-electron chi connectivity index (χ3n) is 2.45. The minimum atomic E-state index is -0.100. The standard InChI is InChI=1S/C12H14N2S/c1-8-5-9(2)12(14-6-8)11(13)10-3-4-15-7-10/h3-7,11H,13H2,1-2H3. The fourth-order valence-electron chi connectivity index (χ4n) is 1.66. The van der Waals surface area contributed by atoms with Crippen LogP contribution in [0.4, 0.5) is 0 Å². The Morgan fingerprint density at radius 2 is 2.20 bits per heavy atom. The lowest BCUT2D eigenvalue weighted by atomic mass is 10.0. The van der Waals surface area contributed by atoms with Gasteiger partial charge >= 0.3 is 0 Å². The van der Waals surface area contributed by atoms with E-state index in [9.17, 15) is 0 Å². The molecular formula is C12H14N2S. The molecule has 0 fully saturated rings. The predicted molar refractivity (Wildman–Crippen MR) is 64.1 cm³/mol. The second-order valence-electron chi connectivity index (χ2n) is 3.75. The van der Waals surface area contributed by atoms with Gasteiger partial charge in [-0.3, -0.25) is 4.98 Å². The van der Waals surface area contributed by atoms with E-state index in [0.717, 1.165) is 16.8 Å². The van der Waals surface area contributed by atoms with Crippen LogP contribution in [0.3, 0.4) is 0 Å².